The molecule has 0 heterocycles. The fourth-order valence-corrected chi connectivity index (χ4v) is 3.09. The van der Waals surface area contributed by atoms with Crippen LogP contribution in [0.3, 0.4) is 0 Å². The summed E-state index contributed by atoms with van der Waals surface area (Å²) in [4.78, 5) is 24.4. The molecule has 0 aliphatic rings. The van der Waals surface area contributed by atoms with Crippen LogP contribution in [0, 0.1) is 0 Å². The summed E-state index contributed by atoms with van der Waals surface area (Å²) in [6.07, 6.45) is 0.834. The molecule has 172 valence electrons. The van der Waals surface area contributed by atoms with Crippen molar-refractivity contribution in [3.8, 4) is 5.75 Å². The smallest absolute Gasteiger partial charge is 0.251 e. The first-order valence-corrected chi connectivity index (χ1v) is 10.8. The molecular weight excluding hydrogens is 418 g/mol. The van der Waals surface area contributed by atoms with Gasteiger partial charge in [-0.1, -0.05) is 36.4 Å². The van der Waals surface area contributed by atoms with Crippen molar-refractivity contribution in [1.82, 2.24) is 5.32 Å². The van der Waals surface area contributed by atoms with Crippen molar-refractivity contribution < 1.29 is 19.1 Å². The number of amides is 2. The number of rotatable bonds is 12. The minimum Gasteiger partial charge on any atom is -0.493 e. The Kier molecular flexibility index (Phi) is 9.29. The van der Waals surface area contributed by atoms with E-state index in [0.717, 1.165) is 12.2 Å². The van der Waals surface area contributed by atoms with Crippen LogP contribution in [0.25, 0.3) is 0 Å². The molecule has 0 aromatic heterocycles. The maximum absolute atomic E-state index is 12.3. The lowest BCUT2D eigenvalue weighted by molar-refractivity contribution is -0.114. The Labute approximate surface area is 194 Å². The third-order valence-electron chi connectivity index (χ3n) is 4.81. The van der Waals surface area contributed by atoms with E-state index < -0.39 is 0 Å². The van der Waals surface area contributed by atoms with Gasteiger partial charge in [-0.05, 0) is 48.0 Å². The van der Waals surface area contributed by atoms with Crippen molar-refractivity contribution in [3.63, 3.8) is 0 Å². The average Bonchev–Trinajstić information content (AvgIpc) is 2.85. The van der Waals surface area contributed by atoms with Gasteiger partial charge in [-0.25, -0.2) is 0 Å². The monoisotopic (exact) mass is 447 g/mol. The van der Waals surface area contributed by atoms with Crippen LogP contribution in [0.1, 0.15) is 15.9 Å². The topological polar surface area (TPSA) is 88.7 Å². The molecule has 0 aliphatic carbocycles. The predicted octanol–water partition coefficient (Wildman–Crippen LogP) is 3.73. The zero-order valence-electron chi connectivity index (χ0n) is 18.7. The standard InChI is InChI=1S/C26H29N3O4/c1-32-17-15-27-26(31)21-8-5-9-23(18-21)28-19-25(30)29-22-10-12-24(13-11-22)33-16-14-20-6-3-2-4-7-20/h2-13,18,28H,14-17,19H2,1H3,(H,27,31)(H,29,30). The third kappa shape index (κ3) is 8.31. The maximum atomic E-state index is 12.3. The van der Waals surface area contributed by atoms with Crippen molar-refractivity contribution in [2.75, 3.05) is 44.0 Å². The van der Waals surface area contributed by atoms with Crippen LogP contribution in [0.4, 0.5) is 11.4 Å². The Bertz CT molecular complexity index is 1020. The Balaban J connectivity index is 1.41. The summed E-state index contributed by atoms with van der Waals surface area (Å²) in [5, 5.41) is 8.65. The predicted molar refractivity (Wildman–Crippen MR) is 130 cm³/mol. The third-order valence-corrected chi connectivity index (χ3v) is 4.81. The van der Waals surface area contributed by atoms with Gasteiger partial charge in [0.15, 0.2) is 0 Å². The summed E-state index contributed by atoms with van der Waals surface area (Å²) >= 11 is 0. The molecule has 0 fully saturated rings. The number of benzene rings is 3. The van der Waals surface area contributed by atoms with E-state index in [0.29, 0.717) is 36.7 Å². The largest absolute Gasteiger partial charge is 0.493 e. The molecule has 0 saturated carbocycles. The molecule has 0 aliphatic heterocycles. The first-order valence-electron chi connectivity index (χ1n) is 10.8. The Morgan fingerprint density at radius 1 is 0.848 bits per heavy atom. The van der Waals surface area contributed by atoms with Crippen LogP contribution >= 0.6 is 0 Å². The molecule has 33 heavy (non-hydrogen) atoms. The average molecular weight is 448 g/mol. The van der Waals surface area contributed by atoms with E-state index in [9.17, 15) is 9.59 Å². The number of anilines is 2. The summed E-state index contributed by atoms with van der Waals surface area (Å²) in [5.41, 5.74) is 3.11. The minimum absolute atomic E-state index is 0.0735. The van der Waals surface area contributed by atoms with Crippen molar-refractivity contribution in [3.05, 3.63) is 90.0 Å². The number of hydrogen-bond donors (Lipinski definition) is 3. The molecule has 2 amide bonds. The van der Waals surface area contributed by atoms with E-state index in [-0.39, 0.29) is 18.4 Å². The van der Waals surface area contributed by atoms with E-state index in [1.54, 1.807) is 43.5 Å². The van der Waals surface area contributed by atoms with Gasteiger partial charge < -0.3 is 25.4 Å². The molecule has 7 nitrogen and oxygen atoms in total. The van der Waals surface area contributed by atoms with Gasteiger partial charge in [0, 0.05) is 37.0 Å². The van der Waals surface area contributed by atoms with Crippen LogP contribution in [0.15, 0.2) is 78.9 Å². The number of ether oxygens (including phenoxy) is 2. The van der Waals surface area contributed by atoms with E-state index in [2.05, 4.69) is 28.1 Å². The van der Waals surface area contributed by atoms with Crippen molar-refractivity contribution in [2.24, 2.45) is 0 Å². The van der Waals surface area contributed by atoms with Crippen LogP contribution in [0.5, 0.6) is 5.75 Å². The second-order valence-electron chi connectivity index (χ2n) is 7.34. The van der Waals surface area contributed by atoms with Crippen molar-refractivity contribution in [2.45, 2.75) is 6.42 Å². The van der Waals surface area contributed by atoms with E-state index >= 15 is 0 Å². The molecule has 0 radical (unpaired) electrons. The first kappa shape index (κ1) is 23.8. The Morgan fingerprint density at radius 2 is 1.64 bits per heavy atom. The van der Waals surface area contributed by atoms with Gasteiger partial charge in [0.05, 0.1) is 19.8 Å². The molecule has 0 unspecified atom stereocenters. The molecule has 0 atom stereocenters. The van der Waals surface area contributed by atoms with Crippen LogP contribution in [-0.4, -0.2) is 45.2 Å². The second kappa shape index (κ2) is 12.9. The van der Waals surface area contributed by atoms with E-state index in [1.807, 2.05) is 30.3 Å². The first-order chi connectivity index (χ1) is 16.1. The van der Waals surface area contributed by atoms with E-state index in [1.165, 1.54) is 5.56 Å². The molecule has 3 rings (SSSR count). The number of carbonyl (C=O) groups excluding carboxylic acids is 2. The fraction of sp³-hybridized carbons (Fsp3) is 0.231. The highest BCUT2D eigenvalue weighted by molar-refractivity contribution is 5.96. The highest BCUT2D eigenvalue weighted by Crippen LogP contribution is 2.16. The van der Waals surface area contributed by atoms with Crippen molar-refractivity contribution >= 4 is 23.2 Å². The fourth-order valence-electron chi connectivity index (χ4n) is 3.09. The molecule has 3 N–H and O–H groups in total. The quantitative estimate of drug-likeness (QED) is 0.368. The SMILES string of the molecule is COCCNC(=O)c1cccc(NCC(=O)Nc2ccc(OCCc3ccccc3)cc2)c1. The minimum atomic E-state index is -0.192. The van der Waals surface area contributed by atoms with Gasteiger partial charge in [0.25, 0.3) is 5.91 Å². The van der Waals surface area contributed by atoms with Crippen LogP contribution < -0.4 is 20.7 Å². The van der Waals surface area contributed by atoms with Gasteiger partial charge in [-0.2, -0.15) is 0 Å². The lowest BCUT2D eigenvalue weighted by Gasteiger charge is -2.10. The van der Waals surface area contributed by atoms with Crippen LogP contribution in [-0.2, 0) is 16.0 Å². The summed E-state index contributed by atoms with van der Waals surface area (Å²) in [6.45, 7) is 1.55. The summed E-state index contributed by atoms with van der Waals surface area (Å²) in [6, 6.07) is 24.4. The molecule has 0 saturated heterocycles. The highest BCUT2D eigenvalue weighted by Gasteiger charge is 2.07. The van der Waals surface area contributed by atoms with Crippen molar-refractivity contribution in [1.29, 1.82) is 0 Å². The number of carbonyl (C=O) groups is 2. The second-order valence-corrected chi connectivity index (χ2v) is 7.34. The summed E-state index contributed by atoms with van der Waals surface area (Å²) in [7, 11) is 1.58. The lowest BCUT2D eigenvalue weighted by atomic mass is 10.2. The normalized spacial score (nSPS) is 10.3. The van der Waals surface area contributed by atoms with Gasteiger partial charge in [-0.15, -0.1) is 0 Å². The number of methoxy groups -OCH3 is 1. The maximum Gasteiger partial charge on any atom is 0.251 e. The zero-order chi connectivity index (χ0) is 23.3. The molecule has 0 bridgehead atoms. The highest BCUT2D eigenvalue weighted by atomic mass is 16.5. The van der Waals surface area contributed by atoms with Gasteiger partial charge >= 0.3 is 0 Å². The van der Waals surface area contributed by atoms with Gasteiger partial charge in [-0.3, -0.25) is 9.59 Å². The Morgan fingerprint density at radius 3 is 2.39 bits per heavy atom. The van der Waals surface area contributed by atoms with Crippen LogP contribution in [0.2, 0.25) is 0 Å². The molecule has 7 heteroatoms. The molecular formula is C26H29N3O4. The lowest BCUT2D eigenvalue weighted by Crippen LogP contribution is -2.27. The molecule has 0 spiro atoms. The van der Waals surface area contributed by atoms with Gasteiger partial charge in [0.2, 0.25) is 5.91 Å². The zero-order valence-corrected chi connectivity index (χ0v) is 18.7. The molecule has 3 aromatic carbocycles. The Hall–Kier alpha value is -3.84. The van der Waals surface area contributed by atoms with E-state index in [4.69, 9.17) is 9.47 Å². The number of nitrogens with one attached hydrogen (secondary N) is 3. The summed E-state index contributed by atoms with van der Waals surface area (Å²) in [5.74, 6) is 0.372. The summed E-state index contributed by atoms with van der Waals surface area (Å²) < 4.78 is 10.7. The number of hydrogen-bond acceptors (Lipinski definition) is 5. The van der Waals surface area contributed by atoms with Gasteiger partial charge in [0.1, 0.15) is 5.75 Å². The molecule has 3 aromatic rings.